The van der Waals surface area contributed by atoms with Gasteiger partial charge in [0.2, 0.25) is 10.0 Å². The summed E-state index contributed by atoms with van der Waals surface area (Å²) in [6.07, 6.45) is 2.36. The minimum Gasteiger partial charge on any atom is -0.399 e. The summed E-state index contributed by atoms with van der Waals surface area (Å²) in [7, 11) is -4.05. The van der Waals surface area contributed by atoms with Crippen molar-refractivity contribution in [3.8, 4) is 0 Å². The smallest absolute Gasteiger partial charge is 0.246 e. The van der Waals surface area contributed by atoms with Crippen molar-refractivity contribution >= 4 is 15.7 Å². The van der Waals surface area contributed by atoms with E-state index < -0.39 is 26.6 Å². The molecule has 7 heteroatoms. The summed E-state index contributed by atoms with van der Waals surface area (Å²) in [5, 5.41) is 0. The normalized spacial score (nSPS) is 21.5. The molecule has 1 atom stereocenters. The Balaban J connectivity index is 2.50. The van der Waals surface area contributed by atoms with Gasteiger partial charge in [0.15, 0.2) is 11.6 Å². The number of nitrogen functional groups attached to an aromatic ring is 1. The predicted molar refractivity (Wildman–Crippen MR) is 68.0 cm³/mol. The predicted octanol–water partition coefficient (Wildman–Crippen LogP) is 2.11. The molecule has 1 saturated heterocycles. The Labute approximate surface area is 111 Å². The van der Waals surface area contributed by atoms with Crippen LogP contribution in [0.4, 0.5) is 14.5 Å². The van der Waals surface area contributed by atoms with Crippen LogP contribution >= 0.6 is 0 Å². The van der Waals surface area contributed by atoms with Crippen LogP contribution in [-0.2, 0) is 10.0 Å². The Morgan fingerprint density at radius 1 is 1.32 bits per heavy atom. The van der Waals surface area contributed by atoms with E-state index in [9.17, 15) is 17.2 Å². The second kappa shape index (κ2) is 5.05. The first-order chi connectivity index (χ1) is 8.84. The molecule has 0 amide bonds. The van der Waals surface area contributed by atoms with Crippen molar-refractivity contribution in [1.29, 1.82) is 0 Å². The summed E-state index contributed by atoms with van der Waals surface area (Å²) in [6, 6.07) is 1.52. The zero-order valence-corrected chi connectivity index (χ0v) is 11.4. The van der Waals surface area contributed by atoms with E-state index in [1.165, 1.54) is 4.31 Å². The van der Waals surface area contributed by atoms with Crippen molar-refractivity contribution < 1.29 is 17.2 Å². The molecule has 1 unspecified atom stereocenters. The van der Waals surface area contributed by atoms with Gasteiger partial charge in [-0.05, 0) is 31.9 Å². The van der Waals surface area contributed by atoms with Crippen LogP contribution in [0.15, 0.2) is 17.0 Å². The molecule has 1 aromatic carbocycles. The van der Waals surface area contributed by atoms with E-state index >= 15 is 0 Å². The molecule has 0 radical (unpaired) electrons. The Morgan fingerprint density at radius 2 is 2.00 bits per heavy atom. The molecule has 4 nitrogen and oxygen atoms in total. The number of rotatable bonds is 2. The van der Waals surface area contributed by atoms with E-state index in [1.807, 2.05) is 0 Å². The van der Waals surface area contributed by atoms with E-state index in [-0.39, 0.29) is 11.7 Å². The summed E-state index contributed by atoms with van der Waals surface area (Å²) >= 11 is 0. The van der Waals surface area contributed by atoms with Crippen LogP contribution in [0.3, 0.4) is 0 Å². The lowest BCUT2D eigenvalue weighted by molar-refractivity contribution is 0.267. The van der Waals surface area contributed by atoms with Gasteiger partial charge in [-0.25, -0.2) is 17.2 Å². The number of anilines is 1. The van der Waals surface area contributed by atoms with Crippen LogP contribution in [0.5, 0.6) is 0 Å². The second-order valence-electron chi connectivity index (χ2n) is 4.78. The molecule has 1 heterocycles. The van der Waals surface area contributed by atoms with E-state index in [2.05, 4.69) is 0 Å². The molecule has 1 aromatic rings. The van der Waals surface area contributed by atoms with Gasteiger partial charge < -0.3 is 5.73 Å². The molecule has 0 spiro atoms. The number of benzene rings is 1. The third-order valence-electron chi connectivity index (χ3n) is 3.35. The number of halogens is 2. The molecule has 1 aliphatic rings. The zero-order valence-electron chi connectivity index (χ0n) is 10.6. The first-order valence-electron chi connectivity index (χ1n) is 6.10. The van der Waals surface area contributed by atoms with Crippen LogP contribution in [0, 0.1) is 11.6 Å². The molecule has 1 fully saturated rings. The van der Waals surface area contributed by atoms with Gasteiger partial charge in [-0.3, -0.25) is 0 Å². The number of nitrogens with two attached hydrogens (primary N) is 1. The third-order valence-corrected chi connectivity index (χ3v) is 5.36. The second-order valence-corrected chi connectivity index (χ2v) is 6.63. The fraction of sp³-hybridized carbons (Fsp3) is 0.500. The van der Waals surface area contributed by atoms with Crippen molar-refractivity contribution in [2.75, 3.05) is 12.3 Å². The molecule has 0 bridgehead atoms. The van der Waals surface area contributed by atoms with E-state index in [0.717, 1.165) is 25.0 Å². The van der Waals surface area contributed by atoms with Gasteiger partial charge in [-0.15, -0.1) is 0 Å². The molecule has 0 aliphatic carbocycles. The quantitative estimate of drug-likeness (QED) is 0.848. The first kappa shape index (κ1) is 14.2. The molecular formula is C12H16F2N2O2S. The Hall–Kier alpha value is -1.21. The largest absolute Gasteiger partial charge is 0.399 e. The van der Waals surface area contributed by atoms with Crippen molar-refractivity contribution in [3.63, 3.8) is 0 Å². The minimum absolute atomic E-state index is 0.109. The summed E-state index contributed by atoms with van der Waals surface area (Å²) in [6.45, 7) is 2.08. The van der Waals surface area contributed by atoms with Crippen LogP contribution in [0.25, 0.3) is 0 Å². The van der Waals surface area contributed by atoms with Gasteiger partial charge in [0.1, 0.15) is 4.90 Å². The Morgan fingerprint density at radius 3 is 2.63 bits per heavy atom. The number of sulfonamides is 1. The molecular weight excluding hydrogens is 274 g/mol. The molecule has 19 heavy (non-hydrogen) atoms. The van der Waals surface area contributed by atoms with Crippen molar-refractivity contribution in [2.24, 2.45) is 0 Å². The summed E-state index contributed by atoms with van der Waals surface area (Å²) in [4.78, 5) is -0.682. The van der Waals surface area contributed by atoms with Crippen molar-refractivity contribution in [3.05, 3.63) is 23.8 Å². The highest BCUT2D eigenvalue weighted by atomic mass is 32.2. The van der Waals surface area contributed by atoms with Gasteiger partial charge in [0.25, 0.3) is 0 Å². The molecule has 106 valence electrons. The molecule has 2 rings (SSSR count). The highest BCUT2D eigenvalue weighted by Crippen LogP contribution is 2.28. The molecule has 0 aromatic heterocycles. The van der Waals surface area contributed by atoms with Gasteiger partial charge in [-0.1, -0.05) is 6.42 Å². The third kappa shape index (κ3) is 2.57. The number of hydrogen-bond donors (Lipinski definition) is 1. The van der Waals surface area contributed by atoms with Crippen molar-refractivity contribution in [1.82, 2.24) is 4.31 Å². The van der Waals surface area contributed by atoms with Gasteiger partial charge in [0, 0.05) is 18.3 Å². The van der Waals surface area contributed by atoms with Gasteiger partial charge in [0.05, 0.1) is 0 Å². The van der Waals surface area contributed by atoms with Crippen LogP contribution in [0.1, 0.15) is 26.2 Å². The highest BCUT2D eigenvalue weighted by molar-refractivity contribution is 7.89. The van der Waals surface area contributed by atoms with Crippen LogP contribution in [-0.4, -0.2) is 25.3 Å². The van der Waals surface area contributed by atoms with Gasteiger partial charge >= 0.3 is 0 Å². The number of nitrogens with zero attached hydrogens (tertiary/aromatic N) is 1. The maximum Gasteiger partial charge on any atom is 0.246 e. The maximum atomic E-state index is 13.7. The Bertz CT molecular complexity index is 590. The standard InChI is InChI=1S/C12H16F2N2O2S/c1-8-4-2-3-5-16(8)19(17,18)11-7-9(15)6-10(13)12(11)14/h6-8H,2-5,15H2,1H3. The van der Waals surface area contributed by atoms with Gasteiger partial charge in [-0.2, -0.15) is 4.31 Å². The van der Waals surface area contributed by atoms with E-state index in [0.29, 0.717) is 13.0 Å². The lowest BCUT2D eigenvalue weighted by Gasteiger charge is -2.32. The van der Waals surface area contributed by atoms with E-state index in [1.54, 1.807) is 6.92 Å². The first-order valence-corrected chi connectivity index (χ1v) is 7.54. The fourth-order valence-corrected chi connectivity index (χ4v) is 4.14. The SMILES string of the molecule is CC1CCCCN1S(=O)(=O)c1cc(N)cc(F)c1F. The van der Waals surface area contributed by atoms with E-state index in [4.69, 9.17) is 5.73 Å². The summed E-state index contributed by atoms with van der Waals surface area (Å²) in [5.41, 5.74) is 5.29. The fourth-order valence-electron chi connectivity index (χ4n) is 2.33. The van der Waals surface area contributed by atoms with Crippen LogP contribution in [0.2, 0.25) is 0 Å². The average Bonchev–Trinajstić information content (AvgIpc) is 2.34. The zero-order chi connectivity index (χ0) is 14.2. The Kier molecular flexibility index (Phi) is 3.78. The molecule has 1 aliphatic heterocycles. The topological polar surface area (TPSA) is 63.4 Å². The highest BCUT2D eigenvalue weighted by Gasteiger charge is 2.34. The monoisotopic (exact) mass is 290 g/mol. The van der Waals surface area contributed by atoms with Crippen LogP contribution < -0.4 is 5.73 Å². The number of piperidine rings is 1. The van der Waals surface area contributed by atoms with Crippen molar-refractivity contribution in [2.45, 2.75) is 37.1 Å². The molecule has 2 N–H and O–H groups in total. The number of hydrogen-bond acceptors (Lipinski definition) is 3. The minimum atomic E-state index is -4.05. The summed E-state index contributed by atoms with van der Waals surface area (Å²) < 4.78 is 53.0. The molecule has 0 saturated carbocycles. The lowest BCUT2D eigenvalue weighted by Crippen LogP contribution is -2.42. The maximum absolute atomic E-state index is 13.7. The lowest BCUT2D eigenvalue weighted by atomic mass is 10.1. The average molecular weight is 290 g/mol. The summed E-state index contributed by atoms with van der Waals surface area (Å²) in [5.74, 6) is -2.62.